The van der Waals surface area contributed by atoms with E-state index in [9.17, 15) is 0 Å². The molecular weight excluding hydrogens is 390 g/mol. The summed E-state index contributed by atoms with van der Waals surface area (Å²) in [6.07, 6.45) is 5.54. The Morgan fingerprint density at radius 1 is 0.800 bits per heavy atom. The molecule has 0 unspecified atom stereocenters. The van der Waals surface area contributed by atoms with Crippen LogP contribution in [-0.4, -0.2) is 10.2 Å². The lowest BCUT2D eigenvalue weighted by Crippen LogP contribution is -1.92. The quantitative estimate of drug-likeness (QED) is 0.332. The van der Waals surface area contributed by atoms with E-state index in [4.69, 9.17) is 0 Å². The van der Waals surface area contributed by atoms with Crippen LogP contribution in [0.25, 0.3) is 16.6 Å². The maximum Gasteiger partial charge on any atom is 0.0456 e. The van der Waals surface area contributed by atoms with Crippen LogP contribution < -0.4 is 0 Å². The van der Waals surface area contributed by atoms with Gasteiger partial charge in [-0.25, -0.2) is 0 Å². The average molecular weight is 408 g/mol. The molecule has 4 aromatic rings. The van der Waals surface area contributed by atoms with Gasteiger partial charge in [0, 0.05) is 38.6 Å². The normalized spacial score (nSPS) is 11.1. The zero-order chi connectivity index (χ0) is 17.1. The van der Waals surface area contributed by atoms with Gasteiger partial charge < -0.3 is 4.40 Å². The molecule has 124 valence electrons. The molecule has 0 N–H and O–H groups in total. The third kappa shape index (κ3) is 4.00. The molecule has 0 amide bonds. The molecule has 0 spiro atoms. The molecule has 3 heteroatoms. The molecule has 0 bridgehead atoms. The number of thioether (sulfide) groups is 1. The van der Waals surface area contributed by atoms with Crippen molar-refractivity contribution in [3.8, 4) is 11.1 Å². The first kappa shape index (κ1) is 16.5. The molecule has 0 aliphatic rings. The van der Waals surface area contributed by atoms with E-state index in [1.807, 2.05) is 11.8 Å². The van der Waals surface area contributed by atoms with Crippen molar-refractivity contribution >= 4 is 33.2 Å². The molecule has 0 fully saturated rings. The molecule has 25 heavy (non-hydrogen) atoms. The minimum absolute atomic E-state index is 1.07. The second-order valence-electron chi connectivity index (χ2n) is 6.02. The summed E-state index contributed by atoms with van der Waals surface area (Å²) in [6.45, 7) is 0. The van der Waals surface area contributed by atoms with Crippen molar-refractivity contribution in [3.63, 3.8) is 0 Å². The smallest absolute Gasteiger partial charge is 0.0456 e. The number of rotatable bonds is 5. The Morgan fingerprint density at radius 3 is 2.40 bits per heavy atom. The first-order valence-corrected chi connectivity index (χ1v) is 10.1. The van der Waals surface area contributed by atoms with Crippen LogP contribution in [0.1, 0.15) is 5.56 Å². The predicted molar refractivity (Wildman–Crippen MR) is 111 cm³/mol. The van der Waals surface area contributed by atoms with Gasteiger partial charge in [0.05, 0.1) is 0 Å². The lowest BCUT2D eigenvalue weighted by atomic mass is 10.1. The lowest BCUT2D eigenvalue weighted by molar-refractivity contribution is 1.08. The number of benzene rings is 2. The van der Waals surface area contributed by atoms with Gasteiger partial charge in [-0.05, 0) is 53.9 Å². The van der Waals surface area contributed by atoms with Gasteiger partial charge in [0.2, 0.25) is 0 Å². The zero-order valence-corrected chi connectivity index (χ0v) is 16.1. The van der Waals surface area contributed by atoms with Gasteiger partial charge in [-0.1, -0.05) is 52.3 Å². The van der Waals surface area contributed by atoms with Gasteiger partial charge in [0.15, 0.2) is 0 Å². The molecule has 0 aliphatic heterocycles. The fraction of sp³-hybridized carbons (Fsp3) is 0.0909. The van der Waals surface area contributed by atoms with Crippen LogP contribution >= 0.6 is 27.7 Å². The van der Waals surface area contributed by atoms with Crippen molar-refractivity contribution in [2.45, 2.75) is 11.3 Å². The molecule has 2 heterocycles. The second-order valence-corrected chi connectivity index (χ2v) is 8.10. The summed E-state index contributed by atoms with van der Waals surface area (Å²) in [6, 6.07) is 25.8. The van der Waals surface area contributed by atoms with Gasteiger partial charge >= 0.3 is 0 Å². The highest BCUT2D eigenvalue weighted by Crippen LogP contribution is 2.24. The van der Waals surface area contributed by atoms with E-state index in [1.54, 1.807) is 0 Å². The highest BCUT2D eigenvalue weighted by Gasteiger charge is 2.03. The van der Waals surface area contributed by atoms with Crippen LogP contribution in [0, 0.1) is 0 Å². The Bertz CT molecular complexity index is 974. The number of aromatic nitrogens is 1. The van der Waals surface area contributed by atoms with Gasteiger partial charge in [-0.15, -0.1) is 11.8 Å². The minimum Gasteiger partial charge on any atom is -0.323 e. The van der Waals surface area contributed by atoms with Crippen molar-refractivity contribution < 1.29 is 0 Å². The second kappa shape index (κ2) is 7.51. The van der Waals surface area contributed by atoms with E-state index in [2.05, 4.69) is 106 Å². The van der Waals surface area contributed by atoms with Crippen LogP contribution in [-0.2, 0) is 6.42 Å². The van der Waals surface area contributed by atoms with Crippen LogP contribution in [0.5, 0.6) is 0 Å². The average Bonchev–Trinajstić information content (AvgIpc) is 3.07. The number of pyridine rings is 1. The summed E-state index contributed by atoms with van der Waals surface area (Å²) >= 11 is 5.38. The Labute approximate surface area is 160 Å². The fourth-order valence-electron chi connectivity index (χ4n) is 2.91. The topological polar surface area (TPSA) is 4.41 Å². The van der Waals surface area contributed by atoms with E-state index >= 15 is 0 Å². The summed E-state index contributed by atoms with van der Waals surface area (Å²) in [5.74, 6) is 1.08. The molecular formula is C22H18BrNS. The third-order valence-corrected chi connectivity index (χ3v) is 5.78. The zero-order valence-electron chi connectivity index (χ0n) is 13.7. The Hall–Kier alpha value is -1.97. The van der Waals surface area contributed by atoms with Gasteiger partial charge in [0.1, 0.15) is 0 Å². The molecule has 0 radical (unpaired) electrons. The molecule has 0 atom stereocenters. The van der Waals surface area contributed by atoms with E-state index < -0.39 is 0 Å². The number of hydrogen-bond donors (Lipinski definition) is 0. The lowest BCUT2D eigenvalue weighted by Gasteiger charge is -2.04. The van der Waals surface area contributed by atoms with Crippen molar-refractivity contribution in [3.05, 3.63) is 95.2 Å². The van der Waals surface area contributed by atoms with Crippen molar-refractivity contribution in [2.24, 2.45) is 0 Å². The Morgan fingerprint density at radius 2 is 1.60 bits per heavy atom. The van der Waals surface area contributed by atoms with E-state index in [-0.39, 0.29) is 0 Å². The molecule has 2 aromatic heterocycles. The summed E-state index contributed by atoms with van der Waals surface area (Å²) in [5, 5.41) is 0. The number of nitrogens with zero attached hydrogens (tertiary/aromatic N) is 1. The minimum atomic E-state index is 1.07. The fourth-order valence-corrected chi connectivity index (χ4v) is 4.08. The van der Waals surface area contributed by atoms with Crippen molar-refractivity contribution in [2.75, 3.05) is 5.75 Å². The van der Waals surface area contributed by atoms with Gasteiger partial charge in [-0.2, -0.15) is 0 Å². The molecule has 0 saturated heterocycles. The van der Waals surface area contributed by atoms with E-state index in [0.29, 0.717) is 0 Å². The van der Waals surface area contributed by atoms with Crippen LogP contribution in [0.4, 0.5) is 0 Å². The highest BCUT2D eigenvalue weighted by molar-refractivity contribution is 9.10. The maximum atomic E-state index is 3.48. The van der Waals surface area contributed by atoms with Crippen LogP contribution in [0.2, 0.25) is 0 Å². The highest BCUT2D eigenvalue weighted by atomic mass is 79.9. The third-order valence-electron chi connectivity index (χ3n) is 4.23. The summed E-state index contributed by atoms with van der Waals surface area (Å²) in [7, 11) is 0. The molecule has 2 aromatic carbocycles. The number of fused-ring (bicyclic) bond motifs is 1. The number of halogens is 1. The molecule has 0 saturated carbocycles. The monoisotopic (exact) mass is 407 g/mol. The van der Waals surface area contributed by atoms with Crippen LogP contribution in [0.3, 0.4) is 0 Å². The first-order chi connectivity index (χ1) is 12.3. The number of hydrogen-bond acceptors (Lipinski definition) is 1. The summed E-state index contributed by atoms with van der Waals surface area (Å²) in [5.41, 5.74) is 5.14. The van der Waals surface area contributed by atoms with Gasteiger partial charge in [0.25, 0.3) is 0 Å². The largest absolute Gasteiger partial charge is 0.323 e. The standard InChI is InChI=1S/C22H18BrNS/c23-20-7-10-22(11-8-20)25-13-12-17-6-9-21-14-19(16-24(21)15-17)18-4-2-1-3-5-18/h1-11,14-16H,12-13H2. The Kier molecular flexibility index (Phi) is 4.95. The van der Waals surface area contributed by atoms with E-state index in [1.165, 1.54) is 27.1 Å². The predicted octanol–water partition coefficient (Wildman–Crippen LogP) is 6.70. The van der Waals surface area contributed by atoms with Crippen molar-refractivity contribution in [1.82, 2.24) is 4.40 Å². The van der Waals surface area contributed by atoms with E-state index in [0.717, 1.165) is 16.6 Å². The van der Waals surface area contributed by atoms with Crippen LogP contribution in [0.15, 0.2) is 94.6 Å². The molecule has 4 rings (SSSR count). The Balaban J connectivity index is 1.46. The van der Waals surface area contributed by atoms with Gasteiger partial charge in [-0.3, -0.25) is 0 Å². The van der Waals surface area contributed by atoms with Crippen molar-refractivity contribution in [1.29, 1.82) is 0 Å². The molecule has 0 aliphatic carbocycles. The number of aryl methyl sites for hydroxylation is 1. The summed E-state index contributed by atoms with van der Waals surface area (Å²) in [4.78, 5) is 1.32. The summed E-state index contributed by atoms with van der Waals surface area (Å²) < 4.78 is 3.37. The maximum absolute atomic E-state index is 3.48. The SMILES string of the molecule is Brc1ccc(SCCc2ccc3cc(-c4ccccc4)cn3c2)cc1. The first-order valence-electron chi connectivity index (χ1n) is 8.32. The molecule has 1 nitrogen and oxygen atoms in total.